The van der Waals surface area contributed by atoms with Crippen molar-refractivity contribution >= 4 is 34.0 Å². The molecule has 1 rings (SSSR count). The normalized spacial score (nSPS) is 12.9. The topological polar surface area (TPSA) is 72.2 Å². The summed E-state index contributed by atoms with van der Waals surface area (Å²) < 4.78 is 26.3. The molecule has 1 aromatic rings. The molecule has 0 spiro atoms. The van der Waals surface area contributed by atoms with E-state index in [1.807, 2.05) is 0 Å². The average molecular weight is 299 g/mol. The van der Waals surface area contributed by atoms with Crippen molar-refractivity contribution in [3.63, 3.8) is 0 Å². The van der Waals surface area contributed by atoms with Crippen LogP contribution in [0, 0.1) is 6.92 Å². The summed E-state index contributed by atoms with van der Waals surface area (Å²) >= 11 is 5.76. The highest BCUT2D eigenvalue weighted by Crippen LogP contribution is 2.19. The first-order valence-corrected chi connectivity index (χ1v) is 6.71. The van der Waals surface area contributed by atoms with Crippen molar-refractivity contribution in [3.8, 4) is 0 Å². The summed E-state index contributed by atoms with van der Waals surface area (Å²) in [4.78, 5) is 0.234. The smallest absolute Gasteiger partial charge is 0.241 e. The van der Waals surface area contributed by atoms with Crippen LogP contribution in [0.5, 0.6) is 0 Å². The standard InChI is InChI=1S/C10H15ClN2O2S.ClH/c1-7-5-9(11)3-4-10(7)16(14,15)13-8(2)6-12;/h3-5,8,13H,6,12H2,1-2H3;1H/t8-;/m0./s1. The van der Waals surface area contributed by atoms with Crippen LogP contribution in [0.2, 0.25) is 5.02 Å². The Morgan fingerprint density at radius 3 is 2.53 bits per heavy atom. The zero-order chi connectivity index (χ0) is 12.3. The summed E-state index contributed by atoms with van der Waals surface area (Å²) in [7, 11) is -3.51. The van der Waals surface area contributed by atoms with E-state index in [-0.39, 0.29) is 29.9 Å². The molecule has 0 aliphatic heterocycles. The van der Waals surface area contributed by atoms with Gasteiger partial charge in [-0.1, -0.05) is 11.6 Å². The van der Waals surface area contributed by atoms with Gasteiger partial charge in [-0.25, -0.2) is 13.1 Å². The molecular formula is C10H16Cl2N2O2S. The molecular weight excluding hydrogens is 283 g/mol. The molecule has 0 aliphatic rings. The van der Waals surface area contributed by atoms with Gasteiger partial charge < -0.3 is 5.73 Å². The van der Waals surface area contributed by atoms with Gasteiger partial charge in [0.25, 0.3) is 0 Å². The van der Waals surface area contributed by atoms with Crippen LogP contribution in [0.15, 0.2) is 23.1 Å². The van der Waals surface area contributed by atoms with Crippen molar-refractivity contribution < 1.29 is 8.42 Å². The Balaban J connectivity index is 0.00000256. The van der Waals surface area contributed by atoms with E-state index in [0.29, 0.717) is 10.6 Å². The summed E-state index contributed by atoms with van der Waals surface area (Å²) in [5, 5.41) is 0.517. The molecule has 4 nitrogen and oxygen atoms in total. The first kappa shape index (κ1) is 16.7. The van der Waals surface area contributed by atoms with Crippen molar-refractivity contribution in [2.45, 2.75) is 24.8 Å². The lowest BCUT2D eigenvalue weighted by atomic mass is 10.2. The van der Waals surface area contributed by atoms with Crippen molar-refractivity contribution in [2.24, 2.45) is 5.73 Å². The number of nitrogens with one attached hydrogen (secondary N) is 1. The summed E-state index contributed by atoms with van der Waals surface area (Å²) in [6.07, 6.45) is 0. The molecule has 0 aliphatic carbocycles. The van der Waals surface area contributed by atoms with E-state index in [1.54, 1.807) is 26.0 Å². The van der Waals surface area contributed by atoms with E-state index in [4.69, 9.17) is 17.3 Å². The highest BCUT2D eigenvalue weighted by Gasteiger charge is 2.18. The first-order valence-electron chi connectivity index (χ1n) is 4.85. The maximum atomic E-state index is 11.9. The molecule has 0 amide bonds. The van der Waals surface area contributed by atoms with Crippen LogP contribution in [0.3, 0.4) is 0 Å². The fourth-order valence-corrected chi connectivity index (χ4v) is 3.00. The van der Waals surface area contributed by atoms with Gasteiger partial charge in [-0.3, -0.25) is 0 Å². The number of sulfonamides is 1. The van der Waals surface area contributed by atoms with Gasteiger partial charge in [0.15, 0.2) is 0 Å². The number of rotatable bonds is 4. The lowest BCUT2D eigenvalue weighted by molar-refractivity contribution is 0.562. The minimum atomic E-state index is -3.51. The van der Waals surface area contributed by atoms with E-state index in [0.717, 1.165) is 0 Å². The number of hydrogen-bond donors (Lipinski definition) is 2. The third kappa shape index (κ3) is 4.44. The van der Waals surface area contributed by atoms with Gasteiger partial charge in [0.05, 0.1) is 4.90 Å². The van der Waals surface area contributed by atoms with Crippen LogP contribution in [0.4, 0.5) is 0 Å². The molecule has 0 radical (unpaired) electrons. The number of hydrogen-bond acceptors (Lipinski definition) is 3. The lowest BCUT2D eigenvalue weighted by Gasteiger charge is -2.13. The van der Waals surface area contributed by atoms with Crippen molar-refractivity contribution in [1.29, 1.82) is 0 Å². The molecule has 7 heteroatoms. The van der Waals surface area contributed by atoms with Crippen molar-refractivity contribution in [1.82, 2.24) is 4.72 Å². The molecule has 0 heterocycles. The van der Waals surface area contributed by atoms with Gasteiger partial charge in [-0.2, -0.15) is 0 Å². The Labute approximate surface area is 113 Å². The summed E-state index contributed by atoms with van der Waals surface area (Å²) in [5.74, 6) is 0. The van der Waals surface area contributed by atoms with E-state index >= 15 is 0 Å². The SMILES string of the molecule is Cc1cc(Cl)ccc1S(=O)(=O)N[C@@H](C)CN.Cl. The molecule has 0 saturated heterocycles. The molecule has 98 valence electrons. The van der Waals surface area contributed by atoms with Gasteiger partial charge in [0.1, 0.15) is 0 Å². The second-order valence-electron chi connectivity index (χ2n) is 3.67. The summed E-state index contributed by atoms with van der Waals surface area (Å²) in [5.41, 5.74) is 5.99. The minimum Gasteiger partial charge on any atom is -0.329 e. The minimum absolute atomic E-state index is 0. The molecule has 1 aromatic carbocycles. The zero-order valence-corrected chi connectivity index (χ0v) is 12.0. The number of halogens is 2. The highest BCUT2D eigenvalue weighted by atomic mass is 35.5. The summed E-state index contributed by atoms with van der Waals surface area (Å²) in [6.45, 7) is 3.67. The third-order valence-electron chi connectivity index (χ3n) is 2.14. The monoisotopic (exact) mass is 298 g/mol. The van der Waals surface area contributed by atoms with Crippen LogP contribution in [-0.4, -0.2) is 21.0 Å². The number of aryl methyl sites for hydroxylation is 1. The molecule has 1 atom stereocenters. The van der Waals surface area contributed by atoms with Crippen LogP contribution in [-0.2, 0) is 10.0 Å². The lowest BCUT2D eigenvalue weighted by Crippen LogP contribution is -2.37. The van der Waals surface area contributed by atoms with E-state index < -0.39 is 10.0 Å². The fraction of sp³-hybridized carbons (Fsp3) is 0.400. The predicted octanol–water partition coefficient (Wildman–Crippen LogP) is 1.70. The number of benzene rings is 1. The van der Waals surface area contributed by atoms with Gasteiger partial charge in [0.2, 0.25) is 10.0 Å². The zero-order valence-electron chi connectivity index (χ0n) is 9.60. The first-order chi connectivity index (χ1) is 7.36. The van der Waals surface area contributed by atoms with Crippen molar-refractivity contribution in [2.75, 3.05) is 6.54 Å². The molecule has 0 unspecified atom stereocenters. The van der Waals surface area contributed by atoms with Gasteiger partial charge in [0, 0.05) is 17.6 Å². The Morgan fingerprint density at radius 1 is 1.47 bits per heavy atom. The predicted molar refractivity (Wildman–Crippen MR) is 72.3 cm³/mol. The molecule has 0 bridgehead atoms. The van der Waals surface area contributed by atoms with Gasteiger partial charge in [-0.15, -0.1) is 12.4 Å². The molecule has 17 heavy (non-hydrogen) atoms. The Kier molecular flexibility index (Phi) is 6.43. The van der Waals surface area contributed by atoms with Crippen molar-refractivity contribution in [3.05, 3.63) is 28.8 Å². The largest absolute Gasteiger partial charge is 0.329 e. The summed E-state index contributed by atoms with van der Waals surface area (Å²) in [6, 6.07) is 4.36. The molecule has 0 fully saturated rings. The van der Waals surface area contributed by atoms with Crippen LogP contribution < -0.4 is 10.5 Å². The average Bonchev–Trinajstić information content (AvgIpc) is 2.16. The fourth-order valence-electron chi connectivity index (χ4n) is 1.29. The van der Waals surface area contributed by atoms with E-state index in [1.165, 1.54) is 6.07 Å². The van der Waals surface area contributed by atoms with E-state index in [9.17, 15) is 8.42 Å². The van der Waals surface area contributed by atoms with Gasteiger partial charge in [-0.05, 0) is 37.6 Å². The van der Waals surface area contributed by atoms with Gasteiger partial charge >= 0.3 is 0 Å². The quantitative estimate of drug-likeness (QED) is 0.888. The number of nitrogens with two attached hydrogens (primary N) is 1. The maximum Gasteiger partial charge on any atom is 0.241 e. The Bertz CT molecular complexity index is 477. The van der Waals surface area contributed by atoms with Crippen LogP contribution in [0.25, 0.3) is 0 Å². The Hall–Kier alpha value is -0.330. The molecule has 3 N–H and O–H groups in total. The van der Waals surface area contributed by atoms with Crippen LogP contribution in [0.1, 0.15) is 12.5 Å². The maximum absolute atomic E-state index is 11.9. The highest BCUT2D eigenvalue weighted by molar-refractivity contribution is 7.89. The molecule has 0 aromatic heterocycles. The van der Waals surface area contributed by atoms with E-state index in [2.05, 4.69) is 4.72 Å². The second-order valence-corrected chi connectivity index (χ2v) is 5.79. The van der Waals surface area contributed by atoms with Crippen LogP contribution >= 0.6 is 24.0 Å². The second kappa shape index (κ2) is 6.56. The Morgan fingerprint density at radius 2 is 2.06 bits per heavy atom. The molecule has 0 saturated carbocycles. The third-order valence-corrected chi connectivity index (χ3v) is 4.12.